The van der Waals surface area contributed by atoms with Crippen LogP contribution in [0.4, 0.5) is 17.1 Å². The molecule has 1 aliphatic rings. The molecule has 0 bridgehead atoms. The summed E-state index contributed by atoms with van der Waals surface area (Å²) in [7, 11) is 0. The maximum Gasteiger partial charge on any atom is 0.143 e. The number of nitrogens with zero attached hydrogens (tertiary/aromatic N) is 1. The Labute approximate surface area is 360 Å². The van der Waals surface area contributed by atoms with Crippen molar-refractivity contribution in [2.24, 2.45) is 0 Å². The molecule has 0 saturated heterocycles. The van der Waals surface area contributed by atoms with Gasteiger partial charge in [0.15, 0.2) is 0 Å². The summed E-state index contributed by atoms with van der Waals surface area (Å²) >= 11 is 0. The van der Waals surface area contributed by atoms with Gasteiger partial charge in [-0.2, -0.15) is 0 Å². The number of rotatable bonds is 7. The molecule has 1 heterocycles. The van der Waals surface area contributed by atoms with Crippen molar-refractivity contribution >= 4 is 49.8 Å². The smallest absolute Gasteiger partial charge is 0.143 e. The van der Waals surface area contributed by atoms with Crippen LogP contribution >= 0.6 is 0 Å². The highest BCUT2D eigenvalue weighted by Crippen LogP contribution is 2.57. The molecule has 0 N–H and O–H groups in total. The van der Waals surface area contributed by atoms with Crippen molar-refractivity contribution in [3.05, 3.63) is 259 Å². The highest BCUT2D eigenvalue weighted by Gasteiger charge is 2.46. The first-order chi connectivity index (χ1) is 31.9. The first-order valence-corrected chi connectivity index (χ1v) is 20.7. The lowest BCUT2D eigenvalue weighted by atomic mass is 9.67. The highest BCUT2D eigenvalue weighted by molar-refractivity contribution is 6.09. The quantitative estimate of drug-likeness (QED) is 0.160. The van der Waals surface area contributed by atoms with E-state index in [0.717, 1.165) is 60.5 Å². The second-order valence-electron chi connectivity index (χ2n) is 15.7. The summed E-state index contributed by atoms with van der Waals surface area (Å²) in [5.74, 6) is 0. The molecule has 0 aliphatic heterocycles. The van der Waals surface area contributed by atoms with Gasteiger partial charge in [-0.3, -0.25) is 0 Å². The molecule has 0 atom stereocenters. The van der Waals surface area contributed by atoms with Gasteiger partial charge in [0.25, 0.3) is 0 Å². The van der Waals surface area contributed by atoms with Gasteiger partial charge in [-0.15, -0.1) is 0 Å². The summed E-state index contributed by atoms with van der Waals surface area (Å²) in [5, 5.41) is 4.07. The summed E-state index contributed by atoms with van der Waals surface area (Å²) in [6.07, 6.45) is 0. The lowest BCUT2D eigenvalue weighted by Gasteiger charge is -2.35. The third-order valence-electron chi connectivity index (χ3n) is 12.4. The SMILES string of the molecule is [2H]c1c([2H])c(N(c2ccc(-c3cccc4ccccc34)cc2)c2ccc3c(c2)C(c2ccccc2)(c2ccccc2)c2ccccc2-3)c([2H])c([2H])c1-c1cccc2c1oc1ccccc12. The summed E-state index contributed by atoms with van der Waals surface area (Å²) in [4.78, 5) is 1.91. The van der Waals surface area contributed by atoms with Crippen molar-refractivity contribution in [3.63, 3.8) is 0 Å². The first-order valence-electron chi connectivity index (χ1n) is 22.7. The molecule has 0 radical (unpaired) electrons. The third kappa shape index (κ3) is 5.50. The Morgan fingerprint density at radius 2 is 0.951 bits per heavy atom. The predicted molar refractivity (Wildman–Crippen MR) is 254 cm³/mol. The van der Waals surface area contributed by atoms with Crippen molar-refractivity contribution in [1.82, 2.24) is 0 Å². The van der Waals surface area contributed by atoms with E-state index in [0.29, 0.717) is 28.1 Å². The maximum absolute atomic E-state index is 9.88. The van der Waals surface area contributed by atoms with Crippen LogP contribution in [0.2, 0.25) is 0 Å². The summed E-state index contributed by atoms with van der Waals surface area (Å²) in [5.41, 5.74) is 11.6. The van der Waals surface area contributed by atoms with E-state index in [1.54, 1.807) is 0 Å². The van der Waals surface area contributed by atoms with E-state index in [4.69, 9.17) is 4.42 Å². The van der Waals surface area contributed by atoms with Gasteiger partial charge < -0.3 is 9.32 Å². The molecule has 1 aliphatic carbocycles. The fraction of sp³-hybridized carbons (Fsp3) is 0.0169. The van der Waals surface area contributed by atoms with Gasteiger partial charge in [-0.1, -0.05) is 194 Å². The van der Waals surface area contributed by atoms with E-state index in [-0.39, 0.29) is 35.4 Å². The summed E-state index contributed by atoms with van der Waals surface area (Å²) < 4.78 is 45.5. The molecule has 0 fully saturated rings. The molecule has 1 aromatic heterocycles. The Hall–Kier alpha value is -7.94. The number of anilines is 3. The summed E-state index contributed by atoms with van der Waals surface area (Å²) in [6.45, 7) is 0. The monoisotopic (exact) mass is 781 g/mol. The van der Waals surface area contributed by atoms with Crippen LogP contribution in [-0.4, -0.2) is 0 Å². The predicted octanol–water partition coefficient (Wildman–Crippen LogP) is 15.9. The van der Waals surface area contributed by atoms with Crippen LogP contribution in [-0.2, 0) is 5.41 Å². The van der Waals surface area contributed by atoms with E-state index in [1.165, 1.54) is 5.56 Å². The molecule has 0 unspecified atom stereocenters. The molecule has 12 rings (SSSR count). The van der Waals surface area contributed by atoms with Crippen molar-refractivity contribution in [2.45, 2.75) is 5.41 Å². The van der Waals surface area contributed by atoms with E-state index < -0.39 is 5.41 Å². The molecule has 11 aromatic rings. The second kappa shape index (κ2) is 14.1. The highest BCUT2D eigenvalue weighted by atomic mass is 16.3. The average molecular weight is 782 g/mol. The fourth-order valence-electron chi connectivity index (χ4n) is 9.74. The minimum Gasteiger partial charge on any atom is -0.455 e. The van der Waals surface area contributed by atoms with E-state index in [1.807, 2.05) is 77.7 Å². The van der Waals surface area contributed by atoms with Crippen LogP contribution in [0.15, 0.2) is 241 Å². The van der Waals surface area contributed by atoms with Crippen LogP contribution in [0.5, 0.6) is 0 Å². The zero-order valence-corrected chi connectivity index (χ0v) is 33.1. The molecule has 2 nitrogen and oxygen atoms in total. The fourth-order valence-corrected chi connectivity index (χ4v) is 9.74. The van der Waals surface area contributed by atoms with Gasteiger partial charge in [-0.25, -0.2) is 0 Å². The maximum atomic E-state index is 9.88. The minimum atomic E-state index is -0.696. The van der Waals surface area contributed by atoms with E-state index in [9.17, 15) is 5.48 Å². The minimum absolute atomic E-state index is 0.150. The third-order valence-corrected chi connectivity index (χ3v) is 12.4. The van der Waals surface area contributed by atoms with Gasteiger partial charge in [0, 0.05) is 33.4 Å². The van der Waals surface area contributed by atoms with Crippen LogP contribution in [0, 0.1) is 0 Å². The van der Waals surface area contributed by atoms with Crippen LogP contribution < -0.4 is 4.90 Å². The molecule has 0 amide bonds. The molecular weight excluding hydrogens is 739 g/mol. The van der Waals surface area contributed by atoms with Crippen molar-refractivity contribution in [1.29, 1.82) is 0 Å². The zero-order chi connectivity index (χ0) is 43.8. The van der Waals surface area contributed by atoms with E-state index >= 15 is 0 Å². The lowest BCUT2D eigenvalue weighted by molar-refractivity contribution is 0.670. The molecule has 0 spiro atoms. The van der Waals surface area contributed by atoms with Gasteiger partial charge in [-0.05, 0) is 103 Å². The number of hydrogen-bond acceptors (Lipinski definition) is 2. The van der Waals surface area contributed by atoms with Gasteiger partial charge in [0.05, 0.1) is 10.9 Å². The topological polar surface area (TPSA) is 16.4 Å². The number of furan rings is 1. The van der Waals surface area contributed by atoms with Gasteiger partial charge in [0.1, 0.15) is 11.2 Å². The normalized spacial score (nSPS) is 13.6. The molecule has 0 saturated carbocycles. The standard InChI is InChI=1S/C59H39NO/c1-3-17-43(18-4-1)59(44-19-5-2-6-20-44)55-27-11-9-22-51(55)52-38-37-47(39-56(52)59)60(45-33-29-41(30-34-45)49-24-13-16-40-15-7-8-21-48(40)49)46-35-31-42(32-36-46)50-25-14-26-54-53-23-10-12-28-57(53)61-58(50)54/h1-39H/i31D,32D,35D,36D. The van der Waals surface area contributed by atoms with Gasteiger partial charge in [0.2, 0.25) is 0 Å². The Bertz CT molecular complexity index is 3580. The number of benzene rings is 10. The average Bonchev–Trinajstić information content (AvgIpc) is 3.89. The van der Waals surface area contributed by atoms with E-state index in [2.05, 4.69) is 140 Å². The number of fused-ring (bicyclic) bond motifs is 7. The lowest BCUT2D eigenvalue weighted by Crippen LogP contribution is -2.28. The van der Waals surface area contributed by atoms with Crippen LogP contribution in [0.25, 0.3) is 66.1 Å². The number of hydrogen-bond donors (Lipinski definition) is 0. The van der Waals surface area contributed by atoms with Crippen molar-refractivity contribution in [2.75, 3.05) is 4.90 Å². The summed E-state index contributed by atoms with van der Waals surface area (Å²) in [6, 6.07) is 72.0. The molecule has 10 aromatic carbocycles. The Morgan fingerprint density at radius 1 is 0.377 bits per heavy atom. The number of para-hydroxylation sites is 2. The van der Waals surface area contributed by atoms with Gasteiger partial charge >= 0.3 is 0 Å². The Kier molecular flexibility index (Phi) is 7.18. The molecule has 61 heavy (non-hydrogen) atoms. The Balaban J connectivity index is 1.11. The molecular formula is C59H39NO. The second-order valence-corrected chi connectivity index (χ2v) is 15.7. The van der Waals surface area contributed by atoms with Crippen LogP contribution in [0.1, 0.15) is 27.7 Å². The van der Waals surface area contributed by atoms with Crippen molar-refractivity contribution < 1.29 is 9.90 Å². The molecule has 286 valence electrons. The zero-order valence-electron chi connectivity index (χ0n) is 37.1. The largest absolute Gasteiger partial charge is 0.455 e. The van der Waals surface area contributed by atoms with Crippen LogP contribution in [0.3, 0.4) is 0 Å². The van der Waals surface area contributed by atoms with Crippen molar-refractivity contribution in [3.8, 4) is 33.4 Å². The Morgan fingerprint density at radius 3 is 1.74 bits per heavy atom. The molecule has 2 heteroatoms. The first kappa shape index (κ1) is 31.0.